The number of carboxylic acid groups (broad SMARTS) is 1. The third kappa shape index (κ3) is 2.80. The Bertz CT molecular complexity index is 656. The summed E-state index contributed by atoms with van der Waals surface area (Å²) in [6, 6.07) is -0.336. The minimum Gasteiger partial charge on any atom is -0.543 e. The first-order valence-electron chi connectivity index (χ1n) is 8.35. The number of likely N-dealkylation sites (tertiary alicyclic amines) is 1. The van der Waals surface area contributed by atoms with Gasteiger partial charge in [0, 0.05) is 19.0 Å². The SMILES string of the molecule is C=CCOC(=O)N1CC[C@H](C2=C(C(=O)[O-])N3C(=O)[C@H]([C@@H](C)O)[C@H]3C2)C1. The fraction of sp³-hybridized carbons (Fsp3) is 0.588. The molecule has 0 radical (unpaired) electrons. The second-order valence-corrected chi connectivity index (χ2v) is 6.70. The van der Waals surface area contributed by atoms with Crippen molar-refractivity contribution in [2.45, 2.75) is 31.9 Å². The molecule has 0 aromatic rings. The van der Waals surface area contributed by atoms with Gasteiger partial charge in [0.2, 0.25) is 5.91 Å². The molecule has 4 atom stereocenters. The Hall–Kier alpha value is -2.35. The summed E-state index contributed by atoms with van der Waals surface area (Å²) in [4.78, 5) is 38.5. The first-order valence-corrected chi connectivity index (χ1v) is 8.35. The molecule has 3 rings (SSSR count). The predicted octanol–water partition coefficient (Wildman–Crippen LogP) is -0.754. The molecule has 8 nitrogen and oxygen atoms in total. The zero-order valence-electron chi connectivity index (χ0n) is 14.0. The molecule has 0 saturated carbocycles. The van der Waals surface area contributed by atoms with Gasteiger partial charge >= 0.3 is 6.09 Å². The van der Waals surface area contributed by atoms with E-state index in [9.17, 15) is 24.6 Å². The van der Waals surface area contributed by atoms with E-state index in [-0.39, 0.29) is 30.2 Å². The molecule has 0 bridgehead atoms. The van der Waals surface area contributed by atoms with Crippen LogP contribution >= 0.6 is 0 Å². The molecule has 8 heteroatoms. The van der Waals surface area contributed by atoms with Crippen molar-refractivity contribution < 1.29 is 29.3 Å². The van der Waals surface area contributed by atoms with Gasteiger partial charge in [-0.1, -0.05) is 12.7 Å². The Morgan fingerprint density at radius 3 is 2.84 bits per heavy atom. The van der Waals surface area contributed by atoms with Crippen LogP contribution in [0.25, 0.3) is 0 Å². The van der Waals surface area contributed by atoms with E-state index in [1.54, 1.807) is 0 Å². The molecule has 3 heterocycles. The van der Waals surface area contributed by atoms with Gasteiger partial charge in [-0.25, -0.2) is 4.79 Å². The molecule has 0 aromatic heterocycles. The molecule has 2 saturated heterocycles. The van der Waals surface area contributed by atoms with Crippen molar-refractivity contribution in [2.75, 3.05) is 19.7 Å². The minimum atomic E-state index is -1.39. The van der Waals surface area contributed by atoms with E-state index in [1.807, 2.05) is 0 Å². The molecule has 2 amide bonds. The van der Waals surface area contributed by atoms with Gasteiger partial charge in [0.1, 0.15) is 6.61 Å². The van der Waals surface area contributed by atoms with Crippen LogP contribution in [0.1, 0.15) is 19.8 Å². The third-order valence-electron chi connectivity index (χ3n) is 5.22. The lowest BCUT2D eigenvalue weighted by Gasteiger charge is -2.45. The van der Waals surface area contributed by atoms with Gasteiger partial charge in [-0.05, 0) is 25.3 Å². The number of aliphatic hydroxyl groups is 1. The second kappa shape index (κ2) is 6.51. The number of aliphatic carboxylic acids is 1. The third-order valence-corrected chi connectivity index (χ3v) is 5.22. The van der Waals surface area contributed by atoms with Crippen LogP contribution in [0.5, 0.6) is 0 Å². The van der Waals surface area contributed by atoms with Crippen LogP contribution in [0.4, 0.5) is 4.79 Å². The highest BCUT2D eigenvalue weighted by molar-refractivity contribution is 5.99. The molecular weight excluding hydrogens is 328 g/mol. The van der Waals surface area contributed by atoms with Crippen LogP contribution in [-0.4, -0.2) is 64.7 Å². The Morgan fingerprint density at radius 1 is 1.52 bits per heavy atom. The smallest absolute Gasteiger partial charge is 0.410 e. The summed E-state index contributed by atoms with van der Waals surface area (Å²) in [6.07, 6.45) is 1.18. The molecule has 136 valence electrons. The van der Waals surface area contributed by atoms with Crippen molar-refractivity contribution in [1.29, 1.82) is 0 Å². The number of amides is 2. The van der Waals surface area contributed by atoms with E-state index in [1.165, 1.54) is 22.8 Å². The molecule has 25 heavy (non-hydrogen) atoms. The molecule has 0 aromatic carbocycles. The van der Waals surface area contributed by atoms with Crippen molar-refractivity contribution in [3.8, 4) is 0 Å². The largest absolute Gasteiger partial charge is 0.543 e. The zero-order chi connectivity index (χ0) is 18.3. The molecule has 1 N–H and O–H groups in total. The first-order chi connectivity index (χ1) is 11.9. The van der Waals surface area contributed by atoms with E-state index in [0.717, 1.165) is 0 Å². The highest BCUT2D eigenvalue weighted by atomic mass is 16.6. The fourth-order valence-corrected chi connectivity index (χ4v) is 4.09. The van der Waals surface area contributed by atoms with E-state index in [0.29, 0.717) is 31.5 Å². The van der Waals surface area contributed by atoms with Crippen LogP contribution in [0.3, 0.4) is 0 Å². The number of carboxylic acids is 1. The van der Waals surface area contributed by atoms with Crippen molar-refractivity contribution in [2.24, 2.45) is 11.8 Å². The maximum atomic E-state index is 12.2. The lowest BCUT2D eigenvalue weighted by molar-refractivity contribution is -0.301. The van der Waals surface area contributed by atoms with Crippen molar-refractivity contribution in [3.05, 3.63) is 23.9 Å². The topological polar surface area (TPSA) is 110 Å². The summed E-state index contributed by atoms with van der Waals surface area (Å²) in [5, 5.41) is 21.4. The quantitative estimate of drug-likeness (QED) is 0.516. The number of fused-ring (bicyclic) bond motifs is 1. The maximum Gasteiger partial charge on any atom is 0.410 e. The molecular formula is C17H21N2O6-. The summed E-state index contributed by atoms with van der Waals surface area (Å²) in [7, 11) is 0. The van der Waals surface area contributed by atoms with Crippen LogP contribution < -0.4 is 5.11 Å². The Labute approximate surface area is 145 Å². The summed E-state index contributed by atoms with van der Waals surface area (Å²) < 4.78 is 5.01. The number of carbonyl (C=O) groups excluding carboxylic acids is 3. The van der Waals surface area contributed by atoms with Crippen LogP contribution in [0.2, 0.25) is 0 Å². The van der Waals surface area contributed by atoms with Crippen molar-refractivity contribution in [1.82, 2.24) is 9.80 Å². The maximum absolute atomic E-state index is 12.2. The normalized spacial score (nSPS) is 29.4. The van der Waals surface area contributed by atoms with Gasteiger partial charge in [0.05, 0.1) is 29.7 Å². The van der Waals surface area contributed by atoms with Crippen LogP contribution in [-0.2, 0) is 14.3 Å². The number of rotatable bonds is 5. The summed E-state index contributed by atoms with van der Waals surface area (Å²) in [6.45, 7) is 5.94. The standard InChI is InChI=1S/C17H22N2O6/c1-3-6-25-17(24)18-5-4-10(8-18)11-7-12-13(9(2)20)15(21)19(12)14(11)16(22)23/h3,9-10,12-13,20H,1,4-8H2,2H3,(H,22,23)/p-1/t9-,10+,12-,13-/m1/s1. The van der Waals surface area contributed by atoms with Gasteiger partial charge in [0.25, 0.3) is 0 Å². The first kappa shape index (κ1) is 17.5. The van der Waals surface area contributed by atoms with Gasteiger partial charge in [-0.15, -0.1) is 0 Å². The predicted molar refractivity (Wildman–Crippen MR) is 83.7 cm³/mol. The Kier molecular flexibility index (Phi) is 4.55. The summed E-state index contributed by atoms with van der Waals surface area (Å²) in [5.41, 5.74) is 0.540. The number of hydrogen-bond donors (Lipinski definition) is 1. The molecule has 0 spiro atoms. The highest BCUT2D eigenvalue weighted by Crippen LogP contribution is 2.46. The number of hydrogen-bond acceptors (Lipinski definition) is 6. The second-order valence-electron chi connectivity index (χ2n) is 6.70. The number of β-lactam (4-membered cyclic amide) rings is 1. The van der Waals surface area contributed by atoms with Gasteiger partial charge in [-0.2, -0.15) is 0 Å². The molecule has 0 aliphatic carbocycles. The Morgan fingerprint density at radius 2 is 2.24 bits per heavy atom. The van der Waals surface area contributed by atoms with E-state index in [4.69, 9.17) is 4.74 Å². The van der Waals surface area contributed by atoms with Gasteiger partial charge in [0.15, 0.2) is 0 Å². The van der Waals surface area contributed by atoms with E-state index < -0.39 is 24.1 Å². The monoisotopic (exact) mass is 349 g/mol. The lowest BCUT2D eigenvalue weighted by Crippen LogP contribution is -2.62. The summed E-state index contributed by atoms with van der Waals surface area (Å²) in [5.74, 6) is -2.50. The van der Waals surface area contributed by atoms with E-state index in [2.05, 4.69) is 6.58 Å². The molecule has 0 unspecified atom stereocenters. The fourth-order valence-electron chi connectivity index (χ4n) is 4.09. The van der Waals surface area contributed by atoms with Crippen LogP contribution in [0.15, 0.2) is 23.9 Å². The van der Waals surface area contributed by atoms with Crippen molar-refractivity contribution in [3.63, 3.8) is 0 Å². The average molecular weight is 349 g/mol. The highest BCUT2D eigenvalue weighted by Gasteiger charge is 2.56. The lowest BCUT2D eigenvalue weighted by atomic mass is 9.82. The number of carbonyl (C=O) groups is 3. The average Bonchev–Trinajstić information content (AvgIpc) is 3.14. The zero-order valence-corrected chi connectivity index (χ0v) is 14.0. The Balaban J connectivity index is 1.76. The van der Waals surface area contributed by atoms with E-state index >= 15 is 0 Å². The van der Waals surface area contributed by atoms with Gasteiger partial charge < -0.3 is 29.5 Å². The summed E-state index contributed by atoms with van der Waals surface area (Å²) >= 11 is 0. The number of ether oxygens (including phenoxy) is 1. The number of aliphatic hydroxyl groups excluding tert-OH is 1. The molecule has 2 fully saturated rings. The molecule has 3 aliphatic heterocycles. The van der Waals surface area contributed by atoms with Crippen LogP contribution in [0, 0.1) is 11.8 Å². The van der Waals surface area contributed by atoms with Gasteiger partial charge in [-0.3, -0.25) is 4.79 Å². The minimum absolute atomic E-state index is 0.0850. The molecule has 3 aliphatic rings. The number of nitrogens with zero attached hydrogens (tertiary/aromatic N) is 2. The van der Waals surface area contributed by atoms with Crippen molar-refractivity contribution >= 4 is 18.0 Å².